The smallest absolute Gasteiger partial charge is 0.255 e. The number of benzene rings is 1. The van der Waals surface area contributed by atoms with Crippen molar-refractivity contribution in [2.24, 2.45) is 0 Å². The Morgan fingerprint density at radius 3 is 1.96 bits per heavy atom. The summed E-state index contributed by atoms with van der Waals surface area (Å²) in [4.78, 5) is 20.8. The van der Waals surface area contributed by atoms with Crippen molar-refractivity contribution in [3.63, 3.8) is 0 Å². The molecule has 0 fully saturated rings. The maximum absolute atomic E-state index is 12.1. The number of rotatable bonds is 4. The predicted octanol–water partition coefficient (Wildman–Crippen LogP) is 3.44. The van der Waals surface area contributed by atoms with Gasteiger partial charge in [0.05, 0.1) is 35.2 Å². The standard InChI is InChI=1S/C18H16N4O/c1-19-14-7-9-16(20-11-14)17-10-8-15(12-21-17)22-18(23)13-5-3-2-4-6-13/h2-12,19H,1H3,(H,22,23). The number of aromatic nitrogens is 2. The Kier molecular flexibility index (Phi) is 4.29. The molecule has 2 aromatic heterocycles. The third-order valence-electron chi connectivity index (χ3n) is 3.37. The summed E-state index contributed by atoms with van der Waals surface area (Å²) in [5.74, 6) is -0.156. The van der Waals surface area contributed by atoms with Gasteiger partial charge in [-0.3, -0.25) is 14.8 Å². The van der Waals surface area contributed by atoms with E-state index in [0.717, 1.165) is 17.1 Å². The van der Waals surface area contributed by atoms with Crippen LogP contribution in [-0.2, 0) is 0 Å². The van der Waals surface area contributed by atoms with Gasteiger partial charge in [0.2, 0.25) is 0 Å². The van der Waals surface area contributed by atoms with Crippen LogP contribution >= 0.6 is 0 Å². The van der Waals surface area contributed by atoms with Gasteiger partial charge in [-0.15, -0.1) is 0 Å². The van der Waals surface area contributed by atoms with Gasteiger partial charge in [-0.1, -0.05) is 18.2 Å². The average molecular weight is 304 g/mol. The Morgan fingerprint density at radius 1 is 0.826 bits per heavy atom. The summed E-state index contributed by atoms with van der Waals surface area (Å²) in [5.41, 5.74) is 3.74. The van der Waals surface area contributed by atoms with E-state index in [-0.39, 0.29) is 5.91 Å². The lowest BCUT2D eigenvalue weighted by Crippen LogP contribution is -2.11. The molecular formula is C18H16N4O. The van der Waals surface area contributed by atoms with E-state index in [0.29, 0.717) is 11.3 Å². The van der Waals surface area contributed by atoms with Gasteiger partial charge in [0.25, 0.3) is 5.91 Å². The van der Waals surface area contributed by atoms with Crippen LogP contribution < -0.4 is 10.6 Å². The second kappa shape index (κ2) is 6.70. The lowest BCUT2D eigenvalue weighted by Gasteiger charge is -2.06. The molecule has 0 radical (unpaired) electrons. The summed E-state index contributed by atoms with van der Waals surface area (Å²) in [6, 6.07) is 16.6. The first kappa shape index (κ1) is 14.7. The number of carbonyl (C=O) groups is 1. The Balaban J connectivity index is 1.73. The Morgan fingerprint density at radius 2 is 1.43 bits per heavy atom. The van der Waals surface area contributed by atoms with Crippen molar-refractivity contribution < 1.29 is 4.79 Å². The van der Waals surface area contributed by atoms with Gasteiger partial charge in [0.15, 0.2) is 0 Å². The molecule has 0 saturated carbocycles. The zero-order valence-electron chi connectivity index (χ0n) is 12.7. The summed E-state index contributed by atoms with van der Waals surface area (Å²) in [5, 5.41) is 5.84. The molecular weight excluding hydrogens is 288 g/mol. The fraction of sp³-hybridized carbons (Fsp3) is 0.0556. The summed E-state index contributed by atoms with van der Waals surface area (Å²) < 4.78 is 0. The number of pyridine rings is 2. The molecule has 0 atom stereocenters. The highest BCUT2D eigenvalue weighted by molar-refractivity contribution is 6.04. The molecule has 2 N–H and O–H groups in total. The lowest BCUT2D eigenvalue weighted by molar-refractivity contribution is 0.102. The van der Waals surface area contributed by atoms with Crippen LogP contribution in [0.5, 0.6) is 0 Å². The molecule has 0 aliphatic rings. The first-order valence-corrected chi connectivity index (χ1v) is 7.23. The fourth-order valence-corrected chi connectivity index (χ4v) is 2.11. The highest BCUT2D eigenvalue weighted by Crippen LogP contribution is 2.18. The number of nitrogens with zero attached hydrogens (tertiary/aromatic N) is 2. The van der Waals surface area contributed by atoms with E-state index >= 15 is 0 Å². The van der Waals surface area contributed by atoms with Crippen LogP contribution in [0.2, 0.25) is 0 Å². The van der Waals surface area contributed by atoms with Gasteiger partial charge in [0, 0.05) is 12.6 Å². The van der Waals surface area contributed by atoms with E-state index in [1.54, 1.807) is 24.5 Å². The zero-order chi connectivity index (χ0) is 16.1. The van der Waals surface area contributed by atoms with Gasteiger partial charge >= 0.3 is 0 Å². The van der Waals surface area contributed by atoms with Gasteiger partial charge < -0.3 is 10.6 Å². The first-order valence-electron chi connectivity index (χ1n) is 7.23. The molecule has 0 bridgehead atoms. The van der Waals surface area contributed by atoms with E-state index in [1.807, 2.05) is 49.5 Å². The minimum absolute atomic E-state index is 0.156. The van der Waals surface area contributed by atoms with Crippen LogP contribution in [0.4, 0.5) is 11.4 Å². The fourth-order valence-electron chi connectivity index (χ4n) is 2.11. The van der Waals surface area contributed by atoms with Crippen LogP contribution in [0.1, 0.15) is 10.4 Å². The SMILES string of the molecule is CNc1ccc(-c2ccc(NC(=O)c3ccccc3)cn2)nc1. The van der Waals surface area contributed by atoms with Crippen molar-refractivity contribution in [3.8, 4) is 11.4 Å². The van der Waals surface area contributed by atoms with Crippen molar-refractivity contribution in [1.82, 2.24) is 9.97 Å². The molecule has 1 aromatic carbocycles. The Bertz CT molecular complexity index is 784. The van der Waals surface area contributed by atoms with Crippen molar-refractivity contribution in [2.45, 2.75) is 0 Å². The van der Waals surface area contributed by atoms with Crippen molar-refractivity contribution in [1.29, 1.82) is 0 Å². The third-order valence-corrected chi connectivity index (χ3v) is 3.37. The second-order valence-electron chi connectivity index (χ2n) is 4.93. The molecule has 0 spiro atoms. The lowest BCUT2D eigenvalue weighted by atomic mass is 10.2. The van der Waals surface area contributed by atoms with E-state index in [4.69, 9.17) is 0 Å². The summed E-state index contributed by atoms with van der Waals surface area (Å²) in [7, 11) is 1.85. The Hall–Kier alpha value is -3.21. The topological polar surface area (TPSA) is 66.9 Å². The highest BCUT2D eigenvalue weighted by Gasteiger charge is 2.06. The van der Waals surface area contributed by atoms with E-state index in [1.165, 1.54) is 0 Å². The average Bonchev–Trinajstić information content (AvgIpc) is 2.63. The van der Waals surface area contributed by atoms with Crippen LogP contribution in [0, 0.1) is 0 Å². The maximum atomic E-state index is 12.1. The number of hydrogen-bond donors (Lipinski definition) is 2. The highest BCUT2D eigenvalue weighted by atomic mass is 16.1. The number of carbonyl (C=O) groups excluding carboxylic acids is 1. The molecule has 114 valence electrons. The molecule has 5 nitrogen and oxygen atoms in total. The van der Waals surface area contributed by atoms with E-state index in [9.17, 15) is 4.79 Å². The number of nitrogens with one attached hydrogen (secondary N) is 2. The van der Waals surface area contributed by atoms with Crippen LogP contribution in [-0.4, -0.2) is 22.9 Å². The molecule has 3 aromatic rings. The molecule has 23 heavy (non-hydrogen) atoms. The number of hydrogen-bond acceptors (Lipinski definition) is 4. The van der Waals surface area contributed by atoms with Crippen molar-refractivity contribution in [3.05, 3.63) is 72.6 Å². The summed E-state index contributed by atoms with van der Waals surface area (Å²) in [6.07, 6.45) is 3.38. The summed E-state index contributed by atoms with van der Waals surface area (Å²) >= 11 is 0. The molecule has 0 saturated heterocycles. The number of amides is 1. The predicted molar refractivity (Wildman–Crippen MR) is 91.4 cm³/mol. The normalized spacial score (nSPS) is 10.1. The molecule has 3 rings (SSSR count). The molecule has 2 heterocycles. The molecule has 1 amide bonds. The Labute approximate surface area is 134 Å². The van der Waals surface area contributed by atoms with Gasteiger partial charge in [-0.05, 0) is 36.4 Å². The second-order valence-corrected chi connectivity index (χ2v) is 4.93. The van der Waals surface area contributed by atoms with Gasteiger partial charge in [-0.25, -0.2) is 0 Å². The molecule has 5 heteroatoms. The van der Waals surface area contributed by atoms with Crippen molar-refractivity contribution >= 4 is 17.3 Å². The molecule has 0 unspecified atom stereocenters. The molecule has 0 aliphatic heterocycles. The quantitative estimate of drug-likeness (QED) is 0.775. The van der Waals surface area contributed by atoms with Gasteiger partial charge in [-0.2, -0.15) is 0 Å². The van der Waals surface area contributed by atoms with Crippen LogP contribution in [0.25, 0.3) is 11.4 Å². The van der Waals surface area contributed by atoms with Crippen molar-refractivity contribution in [2.75, 3.05) is 17.7 Å². The minimum atomic E-state index is -0.156. The minimum Gasteiger partial charge on any atom is -0.387 e. The molecule has 0 aliphatic carbocycles. The third kappa shape index (κ3) is 3.52. The largest absolute Gasteiger partial charge is 0.387 e. The van der Waals surface area contributed by atoms with Crippen LogP contribution in [0.3, 0.4) is 0 Å². The van der Waals surface area contributed by atoms with Gasteiger partial charge in [0.1, 0.15) is 0 Å². The van der Waals surface area contributed by atoms with E-state index < -0.39 is 0 Å². The maximum Gasteiger partial charge on any atom is 0.255 e. The van der Waals surface area contributed by atoms with Crippen LogP contribution in [0.15, 0.2) is 67.0 Å². The summed E-state index contributed by atoms with van der Waals surface area (Å²) in [6.45, 7) is 0. The number of anilines is 2. The monoisotopic (exact) mass is 304 g/mol. The van der Waals surface area contributed by atoms with E-state index in [2.05, 4.69) is 20.6 Å². The first-order chi connectivity index (χ1) is 11.3. The zero-order valence-corrected chi connectivity index (χ0v) is 12.7.